The number of primary amides is 1. The van der Waals surface area contributed by atoms with E-state index >= 15 is 0 Å². The molecule has 2 unspecified atom stereocenters. The van der Waals surface area contributed by atoms with Gasteiger partial charge in [-0.05, 0) is 62.3 Å². The molecule has 1 fully saturated rings. The van der Waals surface area contributed by atoms with Gasteiger partial charge in [0, 0.05) is 39.9 Å². The lowest BCUT2D eigenvalue weighted by atomic mass is 10.0. The minimum atomic E-state index is -1.02. The number of amides is 2. The Morgan fingerprint density at radius 1 is 1.02 bits per heavy atom. The molecule has 40 heavy (non-hydrogen) atoms. The van der Waals surface area contributed by atoms with Crippen molar-refractivity contribution in [2.75, 3.05) is 36.4 Å². The predicted molar refractivity (Wildman–Crippen MR) is 159 cm³/mol. The fourth-order valence-corrected chi connectivity index (χ4v) is 5.41. The zero-order valence-corrected chi connectivity index (χ0v) is 23.9. The lowest BCUT2D eigenvalue weighted by Gasteiger charge is -2.35. The number of hydrogen-bond donors (Lipinski definition) is 5. The van der Waals surface area contributed by atoms with Gasteiger partial charge in [0.2, 0.25) is 11.8 Å². The number of fused-ring (bicyclic) bond motifs is 2. The highest BCUT2D eigenvalue weighted by Gasteiger charge is 2.45. The molecule has 1 aliphatic carbocycles. The normalized spacial score (nSPS) is 15.0. The molecule has 0 saturated heterocycles. The van der Waals surface area contributed by atoms with E-state index in [0.717, 1.165) is 36.8 Å². The molecule has 5 rings (SSSR count). The fraction of sp³-hybridized carbons (Fsp3) is 0.407. The quantitative estimate of drug-likeness (QED) is 0.161. The van der Waals surface area contributed by atoms with Crippen LogP contribution >= 0.6 is 23.2 Å². The van der Waals surface area contributed by atoms with E-state index in [4.69, 9.17) is 28.9 Å². The molecule has 4 aromatic rings. The number of carbonyl (C=O) groups is 2. The molecule has 13 heteroatoms. The Kier molecular flexibility index (Phi) is 8.46. The van der Waals surface area contributed by atoms with Crippen LogP contribution in [0.2, 0.25) is 10.0 Å². The van der Waals surface area contributed by atoms with Crippen molar-refractivity contribution < 1.29 is 9.59 Å². The third kappa shape index (κ3) is 5.87. The van der Waals surface area contributed by atoms with Crippen molar-refractivity contribution in [2.24, 2.45) is 5.73 Å². The Balaban J connectivity index is 1.50. The number of aromatic amines is 2. The van der Waals surface area contributed by atoms with Gasteiger partial charge in [-0.25, -0.2) is 0 Å². The van der Waals surface area contributed by atoms with Crippen molar-refractivity contribution in [3.63, 3.8) is 0 Å². The molecule has 2 amide bonds. The number of rotatable bonds is 13. The van der Waals surface area contributed by atoms with Crippen molar-refractivity contribution in [3.05, 3.63) is 46.4 Å². The van der Waals surface area contributed by atoms with E-state index in [1.165, 1.54) is 0 Å². The lowest BCUT2D eigenvalue weighted by Crippen LogP contribution is -2.62. The summed E-state index contributed by atoms with van der Waals surface area (Å²) in [4.78, 5) is 31.3. The second-order valence-corrected chi connectivity index (χ2v) is 10.8. The van der Waals surface area contributed by atoms with Crippen LogP contribution in [0.1, 0.15) is 26.7 Å². The fourth-order valence-electron chi connectivity index (χ4n) is 5.07. The van der Waals surface area contributed by atoms with Crippen molar-refractivity contribution in [1.82, 2.24) is 30.6 Å². The van der Waals surface area contributed by atoms with Crippen molar-refractivity contribution in [3.8, 4) is 0 Å². The molecule has 6 N–H and O–H groups in total. The molecule has 2 aromatic carbocycles. The number of nitrogens with one attached hydrogen (secondary N) is 4. The number of halogens is 2. The summed E-state index contributed by atoms with van der Waals surface area (Å²) in [5.41, 5.74) is 7.49. The number of nitrogens with two attached hydrogens (primary N) is 1. The van der Waals surface area contributed by atoms with Crippen LogP contribution in [-0.2, 0) is 9.59 Å². The Bertz CT molecular complexity index is 1510. The van der Waals surface area contributed by atoms with Crippen LogP contribution in [0.3, 0.4) is 0 Å². The second kappa shape index (κ2) is 12.0. The first-order chi connectivity index (χ1) is 19.3. The van der Waals surface area contributed by atoms with Crippen LogP contribution < -0.4 is 21.3 Å². The molecule has 2 heterocycles. The van der Waals surface area contributed by atoms with Gasteiger partial charge in [0.05, 0.1) is 11.0 Å². The monoisotopic (exact) mass is 585 g/mol. The highest BCUT2D eigenvalue weighted by Crippen LogP contribution is 2.37. The Morgan fingerprint density at radius 2 is 1.65 bits per heavy atom. The van der Waals surface area contributed by atoms with E-state index in [2.05, 4.69) is 49.8 Å². The molecule has 2 atom stereocenters. The van der Waals surface area contributed by atoms with Gasteiger partial charge in [-0.1, -0.05) is 37.0 Å². The average Bonchev–Trinajstić information content (AvgIpc) is 3.58. The zero-order chi connectivity index (χ0) is 28.4. The summed E-state index contributed by atoms with van der Waals surface area (Å²) in [6, 6.07) is 8.63. The number of likely N-dealkylation sites (N-methyl/N-ethyl adjacent to an activating group) is 1. The van der Waals surface area contributed by atoms with Crippen molar-refractivity contribution >= 4 is 68.5 Å². The van der Waals surface area contributed by atoms with Gasteiger partial charge in [0.15, 0.2) is 11.6 Å². The third-order valence-corrected chi connectivity index (χ3v) is 7.80. The summed E-state index contributed by atoms with van der Waals surface area (Å²) < 4.78 is 0. The van der Waals surface area contributed by atoms with E-state index < -0.39 is 23.9 Å². The summed E-state index contributed by atoms with van der Waals surface area (Å²) in [6.45, 7) is 7.06. The average molecular weight is 587 g/mol. The lowest BCUT2D eigenvalue weighted by molar-refractivity contribution is -0.125. The number of H-pyrrole nitrogens is 2. The van der Waals surface area contributed by atoms with Gasteiger partial charge in [-0.3, -0.25) is 19.8 Å². The first kappa shape index (κ1) is 28.2. The maximum absolute atomic E-state index is 14.0. The van der Waals surface area contributed by atoms with Crippen LogP contribution in [0.15, 0.2) is 36.4 Å². The molecule has 0 bridgehead atoms. The van der Waals surface area contributed by atoms with E-state index in [-0.39, 0.29) is 6.04 Å². The number of anilines is 2. The summed E-state index contributed by atoms with van der Waals surface area (Å²) in [6.07, 6.45) is 1.70. The smallest absolute Gasteiger partial charge is 0.245 e. The number of benzene rings is 2. The zero-order valence-electron chi connectivity index (χ0n) is 22.4. The van der Waals surface area contributed by atoms with Crippen LogP contribution in [0.4, 0.5) is 11.6 Å². The first-order valence-corrected chi connectivity index (χ1v) is 14.2. The van der Waals surface area contributed by atoms with Crippen LogP contribution in [0.5, 0.6) is 0 Å². The van der Waals surface area contributed by atoms with Gasteiger partial charge < -0.3 is 26.2 Å². The van der Waals surface area contributed by atoms with Gasteiger partial charge in [-0.2, -0.15) is 10.2 Å². The summed E-state index contributed by atoms with van der Waals surface area (Å²) in [5, 5.41) is 23.6. The minimum Gasteiger partial charge on any atom is -0.368 e. The second-order valence-electron chi connectivity index (χ2n) is 9.93. The van der Waals surface area contributed by atoms with Crippen LogP contribution in [0, 0.1) is 0 Å². The van der Waals surface area contributed by atoms with Gasteiger partial charge in [-0.15, -0.1) is 0 Å². The molecular weight excluding hydrogens is 553 g/mol. The molecule has 0 aliphatic heterocycles. The highest BCUT2D eigenvalue weighted by molar-refractivity contribution is 6.31. The predicted octanol–water partition coefficient (Wildman–Crippen LogP) is 3.51. The Hall–Kier alpha value is -3.38. The SMILES string of the molecule is CCN(CC)CCNC(C(=O)Nc1n[nH]c2cc(Cl)ccc12)C(C(N)=O)N(c1n[nH]c2cc(Cl)ccc12)C1CC1. The first-order valence-electron chi connectivity index (χ1n) is 13.4. The molecule has 1 saturated carbocycles. The van der Waals surface area contributed by atoms with Crippen molar-refractivity contribution in [1.29, 1.82) is 0 Å². The molecule has 1 aliphatic rings. The van der Waals surface area contributed by atoms with Gasteiger partial charge in [0.25, 0.3) is 0 Å². The number of hydrogen-bond acceptors (Lipinski definition) is 7. The number of carbonyl (C=O) groups excluding carboxylic acids is 2. The Labute approximate surface area is 241 Å². The van der Waals surface area contributed by atoms with Crippen LogP contribution in [-0.4, -0.2) is 81.4 Å². The van der Waals surface area contributed by atoms with E-state index in [1.807, 2.05) is 11.0 Å². The third-order valence-electron chi connectivity index (χ3n) is 7.33. The Morgan fingerprint density at radius 3 is 2.27 bits per heavy atom. The maximum atomic E-state index is 14.0. The van der Waals surface area contributed by atoms with Gasteiger partial charge in [0.1, 0.15) is 12.1 Å². The largest absolute Gasteiger partial charge is 0.368 e. The number of nitrogens with zero attached hydrogens (tertiary/aromatic N) is 4. The molecule has 0 spiro atoms. The highest BCUT2D eigenvalue weighted by atomic mass is 35.5. The van der Waals surface area contributed by atoms with E-state index in [1.54, 1.807) is 30.3 Å². The van der Waals surface area contributed by atoms with E-state index in [0.29, 0.717) is 45.7 Å². The standard InChI is InChI=1S/C27H33Cl2N9O2/c1-3-37(4-2)12-11-31-22(27(40)32-25-18-9-5-15(28)13-20(18)33-35-25)23(24(30)39)38(17-7-8-17)26-19-10-6-16(29)14-21(19)34-36-26/h5-6,9-10,13-14,17,22-23,31H,3-4,7-8,11-12H2,1-2H3,(H2,30,39)(H,34,36)(H2,32,33,35,40). The van der Waals surface area contributed by atoms with Crippen molar-refractivity contribution in [2.45, 2.75) is 44.8 Å². The summed E-state index contributed by atoms with van der Waals surface area (Å²) >= 11 is 12.3. The molecule has 0 radical (unpaired) electrons. The summed E-state index contributed by atoms with van der Waals surface area (Å²) in [7, 11) is 0. The maximum Gasteiger partial charge on any atom is 0.245 e. The van der Waals surface area contributed by atoms with Gasteiger partial charge >= 0.3 is 0 Å². The topological polar surface area (TPSA) is 148 Å². The van der Waals surface area contributed by atoms with Crippen LogP contribution in [0.25, 0.3) is 21.8 Å². The number of aromatic nitrogens is 4. The summed E-state index contributed by atoms with van der Waals surface area (Å²) in [5.74, 6) is -0.166. The minimum absolute atomic E-state index is 0.00733. The molecule has 2 aromatic heterocycles. The molecular formula is C27H33Cl2N9O2. The molecule has 212 valence electrons. The molecule has 11 nitrogen and oxygen atoms in total. The van der Waals surface area contributed by atoms with E-state index in [9.17, 15) is 9.59 Å².